The van der Waals surface area contributed by atoms with Gasteiger partial charge < -0.3 is 9.88 Å². The number of imidazole rings is 1. The summed E-state index contributed by atoms with van der Waals surface area (Å²) < 4.78 is 2.00. The summed E-state index contributed by atoms with van der Waals surface area (Å²) in [6, 6.07) is 24.4. The van der Waals surface area contributed by atoms with Crippen molar-refractivity contribution in [3.05, 3.63) is 114 Å². The number of carbonyl (C=O) groups is 1. The fourth-order valence-corrected chi connectivity index (χ4v) is 3.21. The predicted molar refractivity (Wildman–Crippen MR) is 122 cm³/mol. The lowest BCUT2D eigenvalue weighted by atomic mass is 10.0. The van der Waals surface area contributed by atoms with Gasteiger partial charge in [0.25, 0.3) is 0 Å². The molecule has 0 aliphatic rings. The van der Waals surface area contributed by atoms with E-state index in [9.17, 15) is 4.79 Å². The Kier molecular flexibility index (Phi) is 5.85. The molecule has 4 heteroatoms. The molecule has 4 rings (SSSR count). The van der Waals surface area contributed by atoms with E-state index in [2.05, 4.69) is 53.6 Å². The fourth-order valence-electron chi connectivity index (χ4n) is 3.21. The molecule has 0 radical (unpaired) electrons. The third-order valence-corrected chi connectivity index (χ3v) is 4.84. The van der Waals surface area contributed by atoms with Gasteiger partial charge in [0, 0.05) is 30.7 Å². The lowest BCUT2D eigenvalue weighted by molar-refractivity contribution is -0.111. The van der Waals surface area contributed by atoms with Crippen LogP contribution in [0.5, 0.6) is 0 Å². The van der Waals surface area contributed by atoms with Crippen LogP contribution in [0.15, 0.2) is 97.6 Å². The quantitative estimate of drug-likeness (QED) is 0.436. The van der Waals surface area contributed by atoms with E-state index < -0.39 is 0 Å². The number of hydrogen-bond acceptors (Lipinski definition) is 2. The normalized spacial score (nSPS) is 11.0. The Bertz CT molecular complexity index is 1140. The molecule has 0 saturated heterocycles. The number of carbonyl (C=O) groups excluding carboxylic acids is 1. The molecule has 30 heavy (non-hydrogen) atoms. The summed E-state index contributed by atoms with van der Waals surface area (Å²) in [5, 5.41) is 2.91. The van der Waals surface area contributed by atoms with Crippen molar-refractivity contribution in [3.63, 3.8) is 0 Å². The Balaban J connectivity index is 1.38. The minimum atomic E-state index is -0.155. The van der Waals surface area contributed by atoms with E-state index in [1.54, 1.807) is 18.6 Å². The molecule has 3 aromatic carbocycles. The molecular formula is C26H23N3O. The summed E-state index contributed by atoms with van der Waals surface area (Å²) in [6.45, 7) is 2.83. The highest BCUT2D eigenvalue weighted by molar-refractivity contribution is 6.02. The molecule has 0 bridgehead atoms. The van der Waals surface area contributed by atoms with Crippen molar-refractivity contribution in [1.82, 2.24) is 9.55 Å². The molecule has 0 fully saturated rings. The van der Waals surface area contributed by atoms with E-state index in [4.69, 9.17) is 0 Å². The zero-order valence-corrected chi connectivity index (χ0v) is 16.8. The van der Waals surface area contributed by atoms with Crippen molar-refractivity contribution in [1.29, 1.82) is 0 Å². The van der Waals surface area contributed by atoms with Crippen LogP contribution in [0.25, 0.3) is 17.2 Å². The molecule has 1 amide bonds. The van der Waals surface area contributed by atoms with E-state index in [-0.39, 0.29) is 5.91 Å². The minimum absolute atomic E-state index is 0.155. The third-order valence-electron chi connectivity index (χ3n) is 4.84. The van der Waals surface area contributed by atoms with Crippen molar-refractivity contribution in [2.75, 3.05) is 5.32 Å². The van der Waals surface area contributed by atoms with Gasteiger partial charge in [-0.15, -0.1) is 0 Å². The van der Waals surface area contributed by atoms with Gasteiger partial charge >= 0.3 is 0 Å². The first kappa shape index (κ1) is 19.4. The zero-order chi connectivity index (χ0) is 20.8. The topological polar surface area (TPSA) is 46.9 Å². The van der Waals surface area contributed by atoms with E-state index >= 15 is 0 Å². The van der Waals surface area contributed by atoms with Crippen LogP contribution in [0.1, 0.15) is 16.7 Å². The van der Waals surface area contributed by atoms with Crippen LogP contribution in [0.2, 0.25) is 0 Å². The summed E-state index contributed by atoms with van der Waals surface area (Å²) in [5.41, 5.74) is 6.43. The molecule has 0 saturated carbocycles. The van der Waals surface area contributed by atoms with Gasteiger partial charge in [-0.1, -0.05) is 60.2 Å². The Hall–Kier alpha value is -3.92. The van der Waals surface area contributed by atoms with Gasteiger partial charge in [0.05, 0.1) is 6.33 Å². The molecule has 0 atom stereocenters. The third kappa shape index (κ3) is 5.11. The summed E-state index contributed by atoms with van der Waals surface area (Å²) >= 11 is 0. The lowest BCUT2D eigenvalue weighted by Crippen LogP contribution is -2.07. The number of benzene rings is 3. The van der Waals surface area contributed by atoms with Crippen molar-refractivity contribution < 1.29 is 4.79 Å². The number of anilines is 1. The van der Waals surface area contributed by atoms with Gasteiger partial charge in [-0.2, -0.15) is 0 Å². The summed E-state index contributed by atoms with van der Waals surface area (Å²) in [7, 11) is 0. The first-order valence-corrected chi connectivity index (χ1v) is 9.86. The number of aryl methyl sites for hydroxylation is 1. The second kappa shape index (κ2) is 9.05. The summed E-state index contributed by atoms with van der Waals surface area (Å²) in [4.78, 5) is 16.4. The van der Waals surface area contributed by atoms with E-state index in [1.165, 1.54) is 5.56 Å². The molecule has 0 aliphatic heterocycles. The van der Waals surface area contributed by atoms with Gasteiger partial charge in [-0.25, -0.2) is 4.98 Å². The molecule has 0 aliphatic carbocycles. The molecule has 1 heterocycles. The first-order chi connectivity index (χ1) is 14.7. The van der Waals surface area contributed by atoms with Crippen LogP contribution in [-0.4, -0.2) is 15.5 Å². The highest BCUT2D eigenvalue weighted by Gasteiger charge is 2.01. The molecule has 1 aromatic heterocycles. The second-order valence-corrected chi connectivity index (χ2v) is 7.25. The van der Waals surface area contributed by atoms with Crippen LogP contribution < -0.4 is 5.32 Å². The van der Waals surface area contributed by atoms with Crippen LogP contribution in [-0.2, 0) is 11.3 Å². The van der Waals surface area contributed by atoms with Crippen LogP contribution in [0.4, 0.5) is 5.69 Å². The number of nitrogens with zero attached hydrogens (tertiary/aromatic N) is 2. The number of aromatic nitrogens is 2. The van der Waals surface area contributed by atoms with Crippen molar-refractivity contribution in [2.24, 2.45) is 0 Å². The smallest absolute Gasteiger partial charge is 0.248 e. The summed E-state index contributed by atoms with van der Waals surface area (Å²) in [6.07, 6.45) is 8.87. The predicted octanol–water partition coefficient (Wildman–Crippen LogP) is 5.56. The molecule has 0 spiro atoms. The molecule has 1 N–H and O–H groups in total. The second-order valence-electron chi connectivity index (χ2n) is 7.25. The van der Waals surface area contributed by atoms with E-state index in [0.29, 0.717) is 0 Å². The van der Waals surface area contributed by atoms with Crippen LogP contribution in [0, 0.1) is 6.92 Å². The van der Waals surface area contributed by atoms with Crippen molar-refractivity contribution >= 4 is 17.7 Å². The molecule has 4 aromatic rings. The number of hydrogen-bond donors (Lipinski definition) is 1. The van der Waals surface area contributed by atoms with Crippen molar-refractivity contribution in [2.45, 2.75) is 13.5 Å². The highest BCUT2D eigenvalue weighted by atomic mass is 16.1. The largest absolute Gasteiger partial charge is 0.333 e. The first-order valence-electron chi connectivity index (χ1n) is 9.86. The minimum Gasteiger partial charge on any atom is -0.333 e. The highest BCUT2D eigenvalue weighted by Crippen LogP contribution is 2.21. The zero-order valence-electron chi connectivity index (χ0n) is 16.8. The SMILES string of the molecule is Cc1ccc(-c2cccc(/C=C/C(=O)Nc3ccc(Cn4ccnc4)cc3)c2)cc1. The lowest BCUT2D eigenvalue weighted by Gasteiger charge is -2.06. The van der Waals surface area contributed by atoms with Gasteiger partial charge in [0.2, 0.25) is 5.91 Å². The Labute approximate surface area is 176 Å². The Morgan fingerprint density at radius 1 is 1.00 bits per heavy atom. The van der Waals surface area contributed by atoms with Gasteiger partial charge in [-0.3, -0.25) is 4.79 Å². The van der Waals surface area contributed by atoms with Gasteiger partial charge in [0.1, 0.15) is 0 Å². The maximum absolute atomic E-state index is 12.3. The fraction of sp³-hybridized carbons (Fsp3) is 0.0769. The van der Waals surface area contributed by atoms with Gasteiger partial charge in [-0.05, 0) is 53.5 Å². The summed E-state index contributed by atoms with van der Waals surface area (Å²) in [5.74, 6) is -0.155. The maximum Gasteiger partial charge on any atom is 0.248 e. The Morgan fingerprint density at radius 2 is 1.80 bits per heavy atom. The molecular weight excluding hydrogens is 370 g/mol. The average Bonchev–Trinajstić information content (AvgIpc) is 3.27. The van der Waals surface area contributed by atoms with E-state index in [0.717, 1.165) is 34.5 Å². The monoisotopic (exact) mass is 393 g/mol. The standard InChI is InChI=1S/C26H23N3O/c1-20-5-10-23(11-6-20)24-4-2-3-21(17-24)9-14-26(30)28-25-12-7-22(8-13-25)18-29-16-15-27-19-29/h2-17,19H,18H2,1H3,(H,28,30)/b14-9+. The van der Waals surface area contributed by atoms with Crippen LogP contribution >= 0.6 is 0 Å². The average molecular weight is 393 g/mol. The Morgan fingerprint density at radius 3 is 2.53 bits per heavy atom. The van der Waals surface area contributed by atoms with Crippen LogP contribution in [0.3, 0.4) is 0 Å². The molecule has 0 unspecified atom stereocenters. The maximum atomic E-state index is 12.3. The van der Waals surface area contributed by atoms with E-state index in [1.807, 2.05) is 53.2 Å². The molecule has 4 nitrogen and oxygen atoms in total. The number of amides is 1. The number of rotatable bonds is 6. The molecule has 148 valence electrons. The van der Waals surface area contributed by atoms with Gasteiger partial charge in [0.15, 0.2) is 0 Å². The number of nitrogens with one attached hydrogen (secondary N) is 1. The van der Waals surface area contributed by atoms with Crippen molar-refractivity contribution in [3.8, 4) is 11.1 Å².